The standard InChI is InChI=1S/C30H37N3O5/c1-20-27(29(37)38)30(2,19-25(31-20)28(35)36)23-10-6-11-24(18-23)32-26(34)12-7-15-33-16-13-22(14-17-33)21-8-4-3-5-9-21/h3-6,8-11,18-20,22,27,31H,7,12-17H2,1-2H3,(H,32,34)(H,35,36)(H,37,38). The molecule has 0 spiro atoms. The van der Waals surface area contributed by atoms with Crippen molar-refractivity contribution >= 4 is 23.5 Å². The third kappa shape index (κ3) is 6.25. The number of anilines is 1. The summed E-state index contributed by atoms with van der Waals surface area (Å²) in [5.41, 5.74) is 1.51. The number of aliphatic carboxylic acids is 2. The van der Waals surface area contributed by atoms with Gasteiger partial charge in [0.1, 0.15) is 5.70 Å². The zero-order chi connectivity index (χ0) is 27.3. The number of nitrogens with one attached hydrogen (secondary N) is 2. The second kappa shape index (κ2) is 11.8. The van der Waals surface area contributed by atoms with Crippen LogP contribution in [0.2, 0.25) is 0 Å². The SMILES string of the molecule is CC1NC(C(=O)O)=CC(C)(c2cccc(NC(=O)CCCN3CCC(c4ccccc4)CC3)c2)C1C(=O)O. The number of carbonyl (C=O) groups is 3. The third-order valence-electron chi connectivity index (χ3n) is 7.97. The van der Waals surface area contributed by atoms with E-state index in [-0.39, 0.29) is 11.6 Å². The fraction of sp³-hybridized carbons (Fsp3) is 0.433. The first-order valence-corrected chi connectivity index (χ1v) is 13.3. The maximum atomic E-state index is 12.7. The Labute approximate surface area is 223 Å². The zero-order valence-electron chi connectivity index (χ0n) is 22.0. The van der Waals surface area contributed by atoms with Crippen LogP contribution in [0.25, 0.3) is 0 Å². The minimum atomic E-state index is -1.14. The van der Waals surface area contributed by atoms with Gasteiger partial charge in [-0.25, -0.2) is 4.79 Å². The van der Waals surface area contributed by atoms with Crippen LogP contribution in [0.15, 0.2) is 66.4 Å². The van der Waals surface area contributed by atoms with Gasteiger partial charge in [-0.1, -0.05) is 49.4 Å². The molecule has 2 aliphatic heterocycles. The van der Waals surface area contributed by atoms with Crippen molar-refractivity contribution in [3.63, 3.8) is 0 Å². The molecule has 3 unspecified atom stereocenters. The second-order valence-electron chi connectivity index (χ2n) is 10.7. The highest BCUT2D eigenvalue weighted by atomic mass is 16.4. The molecule has 202 valence electrons. The molecular formula is C30H37N3O5. The van der Waals surface area contributed by atoms with Gasteiger partial charge < -0.3 is 25.7 Å². The molecule has 4 N–H and O–H groups in total. The third-order valence-corrected chi connectivity index (χ3v) is 7.97. The number of carbonyl (C=O) groups excluding carboxylic acids is 1. The first-order valence-electron chi connectivity index (χ1n) is 13.3. The number of carboxylic acid groups (broad SMARTS) is 2. The maximum Gasteiger partial charge on any atom is 0.351 e. The fourth-order valence-corrected chi connectivity index (χ4v) is 5.97. The van der Waals surface area contributed by atoms with Gasteiger partial charge in [0, 0.05) is 23.6 Å². The molecular weight excluding hydrogens is 482 g/mol. The van der Waals surface area contributed by atoms with E-state index in [1.807, 2.05) is 6.07 Å². The Morgan fingerprint density at radius 2 is 1.76 bits per heavy atom. The molecule has 0 radical (unpaired) electrons. The van der Waals surface area contributed by atoms with E-state index in [1.165, 1.54) is 11.6 Å². The van der Waals surface area contributed by atoms with E-state index in [4.69, 9.17) is 0 Å². The minimum Gasteiger partial charge on any atom is -0.481 e. The van der Waals surface area contributed by atoms with Crippen LogP contribution in [0.3, 0.4) is 0 Å². The summed E-state index contributed by atoms with van der Waals surface area (Å²) in [6, 6.07) is 17.1. The Morgan fingerprint density at radius 1 is 1.05 bits per heavy atom. The summed E-state index contributed by atoms with van der Waals surface area (Å²) in [6.45, 7) is 6.34. The number of piperidine rings is 1. The molecule has 2 aromatic rings. The molecule has 0 saturated carbocycles. The largest absolute Gasteiger partial charge is 0.481 e. The summed E-state index contributed by atoms with van der Waals surface area (Å²) in [4.78, 5) is 38.9. The summed E-state index contributed by atoms with van der Waals surface area (Å²) < 4.78 is 0. The summed E-state index contributed by atoms with van der Waals surface area (Å²) in [6.07, 6.45) is 4.88. The molecule has 2 aliphatic rings. The molecule has 0 aromatic heterocycles. The monoisotopic (exact) mass is 519 g/mol. The number of nitrogens with zero attached hydrogens (tertiary/aromatic N) is 1. The van der Waals surface area contributed by atoms with Crippen molar-refractivity contribution in [2.45, 2.75) is 56.9 Å². The molecule has 1 saturated heterocycles. The molecule has 3 atom stereocenters. The number of hydrogen-bond acceptors (Lipinski definition) is 5. The summed E-state index contributed by atoms with van der Waals surface area (Å²) in [7, 11) is 0. The van der Waals surface area contributed by atoms with Crippen molar-refractivity contribution in [3.05, 3.63) is 77.5 Å². The second-order valence-corrected chi connectivity index (χ2v) is 10.7. The Balaban J connectivity index is 1.33. The highest BCUT2D eigenvalue weighted by Crippen LogP contribution is 2.40. The number of benzene rings is 2. The van der Waals surface area contributed by atoms with E-state index in [1.54, 1.807) is 38.1 Å². The Bertz CT molecular complexity index is 1190. The molecule has 8 heteroatoms. The van der Waals surface area contributed by atoms with E-state index >= 15 is 0 Å². The van der Waals surface area contributed by atoms with Crippen LogP contribution in [-0.4, -0.2) is 58.6 Å². The molecule has 4 rings (SSSR count). The van der Waals surface area contributed by atoms with Crippen molar-refractivity contribution < 1.29 is 24.6 Å². The van der Waals surface area contributed by atoms with Gasteiger partial charge in [0.15, 0.2) is 0 Å². The lowest BCUT2D eigenvalue weighted by Gasteiger charge is -2.41. The van der Waals surface area contributed by atoms with Gasteiger partial charge in [-0.2, -0.15) is 0 Å². The average Bonchev–Trinajstić information content (AvgIpc) is 2.89. The number of amides is 1. The first kappa shape index (κ1) is 27.4. The lowest BCUT2D eigenvalue weighted by Crippen LogP contribution is -2.53. The van der Waals surface area contributed by atoms with E-state index in [0.29, 0.717) is 23.6 Å². The Kier molecular flexibility index (Phi) is 8.52. The van der Waals surface area contributed by atoms with E-state index in [9.17, 15) is 24.6 Å². The predicted octanol–water partition coefficient (Wildman–Crippen LogP) is 4.20. The molecule has 2 aromatic carbocycles. The number of likely N-dealkylation sites (tertiary alicyclic amines) is 1. The fourth-order valence-electron chi connectivity index (χ4n) is 5.97. The summed E-state index contributed by atoms with van der Waals surface area (Å²) >= 11 is 0. The van der Waals surface area contributed by atoms with Crippen molar-refractivity contribution in [2.24, 2.45) is 5.92 Å². The van der Waals surface area contributed by atoms with Crippen molar-refractivity contribution in [3.8, 4) is 0 Å². The van der Waals surface area contributed by atoms with Crippen LogP contribution in [0.4, 0.5) is 5.69 Å². The molecule has 0 aliphatic carbocycles. The predicted molar refractivity (Wildman–Crippen MR) is 146 cm³/mol. The quantitative estimate of drug-likeness (QED) is 0.392. The van der Waals surface area contributed by atoms with Gasteiger partial charge in [-0.15, -0.1) is 0 Å². The van der Waals surface area contributed by atoms with Crippen LogP contribution in [0, 0.1) is 5.92 Å². The molecule has 2 heterocycles. The lowest BCUT2D eigenvalue weighted by atomic mass is 9.66. The van der Waals surface area contributed by atoms with Gasteiger partial charge in [-0.05, 0) is 81.1 Å². The number of carboxylic acids is 2. The number of allylic oxidation sites excluding steroid dienone is 1. The maximum absolute atomic E-state index is 12.7. The lowest BCUT2D eigenvalue weighted by molar-refractivity contribution is -0.145. The van der Waals surface area contributed by atoms with E-state index in [0.717, 1.165) is 38.9 Å². The summed E-state index contributed by atoms with van der Waals surface area (Å²) in [5.74, 6) is -2.53. The number of rotatable bonds is 9. The highest BCUT2D eigenvalue weighted by Gasteiger charge is 2.46. The smallest absolute Gasteiger partial charge is 0.351 e. The zero-order valence-corrected chi connectivity index (χ0v) is 22.0. The first-order chi connectivity index (χ1) is 18.2. The van der Waals surface area contributed by atoms with Crippen LogP contribution < -0.4 is 10.6 Å². The van der Waals surface area contributed by atoms with E-state index < -0.39 is 29.3 Å². The van der Waals surface area contributed by atoms with Gasteiger partial charge in [0.25, 0.3) is 0 Å². The molecule has 1 fully saturated rings. The van der Waals surface area contributed by atoms with Crippen LogP contribution in [-0.2, 0) is 19.8 Å². The summed E-state index contributed by atoms with van der Waals surface area (Å²) in [5, 5.41) is 25.2. The van der Waals surface area contributed by atoms with Gasteiger partial charge in [0.2, 0.25) is 5.91 Å². The Hall–Kier alpha value is -3.65. The van der Waals surface area contributed by atoms with Crippen molar-refractivity contribution in [2.75, 3.05) is 25.0 Å². The molecule has 38 heavy (non-hydrogen) atoms. The van der Waals surface area contributed by atoms with Gasteiger partial charge in [-0.3, -0.25) is 9.59 Å². The van der Waals surface area contributed by atoms with Crippen molar-refractivity contribution in [1.82, 2.24) is 10.2 Å². The number of hydrogen-bond donors (Lipinski definition) is 4. The molecule has 1 amide bonds. The molecule has 8 nitrogen and oxygen atoms in total. The minimum absolute atomic E-state index is 0.0280. The molecule has 0 bridgehead atoms. The van der Waals surface area contributed by atoms with Crippen LogP contribution >= 0.6 is 0 Å². The van der Waals surface area contributed by atoms with Crippen molar-refractivity contribution in [1.29, 1.82) is 0 Å². The van der Waals surface area contributed by atoms with Crippen LogP contribution in [0.5, 0.6) is 0 Å². The topological polar surface area (TPSA) is 119 Å². The Morgan fingerprint density at radius 3 is 2.42 bits per heavy atom. The van der Waals surface area contributed by atoms with Gasteiger partial charge >= 0.3 is 11.9 Å². The highest BCUT2D eigenvalue weighted by molar-refractivity contribution is 5.91. The normalized spacial score (nSPS) is 24.2. The van der Waals surface area contributed by atoms with Gasteiger partial charge in [0.05, 0.1) is 5.92 Å². The van der Waals surface area contributed by atoms with Crippen LogP contribution in [0.1, 0.15) is 56.6 Å². The van der Waals surface area contributed by atoms with E-state index in [2.05, 4.69) is 39.8 Å². The average molecular weight is 520 g/mol.